The van der Waals surface area contributed by atoms with Gasteiger partial charge in [-0.25, -0.2) is 0 Å². The van der Waals surface area contributed by atoms with Gasteiger partial charge in [-0.3, -0.25) is 9.59 Å². The minimum absolute atomic E-state index is 0.0344. The van der Waals surface area contributed by atoms with E-state index in [4.69, 9.17) is 4.74 Å². The number of likely N-dealkylation sites (tertiary alicyclic amines) is 1. The van der Waals surface area contributed by atoms with Crippen molar-refractivity contribution in [1.82, 2.24) is 4.90 Å². The Labute approximate surface area is 174 Å². The van der Waals surface area contributed by atoms with Crippen LogP contribution < -0.4 is 4.74 Å². The van der Waals surface area contributed by atoms with Crippen molar-refractivity contribution < 1.29 is 14.3 Å². The number of halogens is 1. The van der Waals surface area contributed by atoms with E-state index in [2.05, 4.69) is 15.9 Å². The van der Waals surface area contributed by atoms with Crippen molar-refractivity contribution in [3.63, 3.8) is 0 Å². The van der Waals surface area contributed by atoms with Crippen LogP contribution in [0.25, 0.3) is 0 Å². The van der Waals surface area contributed by atoms with Crippen LogP contribution in [-0.2, 0) is 11.4 Å². The maximum Gasteiger partial charge on any atom is 0.254 e. The van der Waals surface area contributed by atoms with Crippen LogP contribution in [0.4, 0.5) is 0 Å². The predicted octanol–water partition coefficient (Wildman–Crippen LogP) is 5.00. The van der Waals surface area contributed by atoms with Crippen LogP contribution in [0.2, 0.25) is 0 Å². The molecule has 4 nitrogen and oxygen atoms in total. The standard InChI is InChI=1S/C23H24BrNO3/c24-19-9-2-4-11-22(19)28-15-16-6-5-7-17(14-16)23(27)25-13-12-21(26)18-8-1-3-10-20(18)25/h2,4-7,9,11,14,18,20H,1,3,8,10,12-13,15H2/t18-,20+/m0/s1. The van der Waals surface area contributed by atoms with Gasteiger partial charge in [-0.1, -0.05) is 37.1 Å². The number of carbonyl (C=O) groups excluding carboxylic acids is 2. The molecule has 1 amide bonds. The van der Waals surface area contributed by atoms with E-state index in [1.165, 1.54) is 0 Å². The number of ketones is 1. The number of ether oxygens (including phenoxy) is 1. The zero-order valence-electron chi connectivity index (χ0n) is 15.8. The molecule has 1 aliphatic carbocycles. The lowest BCUT2D eigenvalue weighted by atomic mass is 9.77. The van der Waals surface area contributed by atoms with Crippen molar-refractivity contribution in [1.29, 1.82) is 0 Å². The largest absolute Gasteiger partial charge is 0.488 e. The van der Waals surface area contributed by atoms with Gasteiger partial charge in [0.1, 0.15) is 18.1 Å². The fourth-order valence-electron chi connectivity index (χ4n) is 4.38. The molecule has 1 saturated carbocycles. The smallest absolute Gasteiger partial charge is 0.254 e. The summed E-state index contributed by atoms with van der Waals surface area (Å²) in [6.45, 7) is 0.935. The van der Waals surface area contributed by atoms with E-state index in [0.29, 0.717) is 30.9 Å². The molecule has 5 heteroatoms. The summed E-state index contributed by atoms with van der Waals surface area (Å²) in [6, 6.07) is 15.4. The minimum atomic E-state index is 0.0344. The number of rotatable bonds is 4. The first-order chi connectivity index (χ1) is 13.6. The molecule has 0 aromatic heterocycles. The fraction of sp³-hybridized carbons (Fsp3) is 0.391. The number of carbonyl (C=O) groups is 2. The second-order valence-corrected chi connectivity index (χ2v) is 8.45. The summed E-state index contributed by atoms with van der Waals surface area (Å²) in [4.78, 5) is 27.4. The molecule has 146 valence electrons. The Morgan fingerprint density at radius 2 is 1.93 bits per heavy atom. The molecule has 1 aliphatic heterocycles. The molecule has 2 aromatic carbocycles. The molecular weight excluding hydrogens is 418 g/mol. The molecule has 1 heterocycles. The van der Waals surface area contributed by atoms with E-state index in [1.54, 1.807) is 0 Å². The molecule has 2 aromatic rings. The van der Waals surface area contributed by atoms with E-state index in [1.807, 2.05) is 53.4 Å². The highest BCUT2D eigenvalue weighted by atomic mass is 79.9. The molecule has 4 rings (SSSR count). The summed E-state index contributed by atoms with van der Waals surface area (Å²) in [5.74, 6) is 1.18. The van der Waals surface area contributed by atoms with Crippen LogP contribution in [0.1, 0.15) is 48.0 Å². The third kappa shape index (κ3) is 4.00. The molecule has 0 unspecified atom stereocenters. The maximum atomic E-state index is 13.2. The topological polar surface area (TPSA) is 46.6 Å². The summed E-state index contributed by atoms with van der Waals surface area (Å²) in [7, 11) is 0. The Kier molecular flexibility index (Phi) is 5.81. The number of fused-ring (bicyclic) bond motifs is 1. The number of hydrogen-bond donors (Lipinski definition) is 0. The van der Waals surface area contributed by atoms with Gasteiger partial charge in [0.2, 0.25) is 0 Å². The van der Waals surface area contributed by atoms with Gasteiger partial charge in [0.15, 0.2) is 0 Å². The van der Waals surface area contributed by atoms with Gasteiger partial charge in [0, 0.05) is 30.5 Å². The van der Waals surface area contributed by atoms with E-state index in [0.717, 1.165) is 41.5 Å². The summed E-state index contributed by atoms with van der Waals surface area (Å²) < 4.78 is 6.79. The number of amides is 1. The molecule has 0 N–H and O–H groups in total. The number of hydrogen-bond acceptors (Lipinski definition) is 3. The summed E-state index contributed by atoms with van der Waals surface area (Å²) >= 11 is 3.48. The van der Waals surface area contributed by atoms with Crippen molar-refractivity contribution in [3.8, 4) is 5.75 Å². The van der Waals surface area contributed by atoms with Gasteiger partial charge < -0.3 is 9.64 Å². The van der Waals surface area contributed by atoms with Gasteiger partial charge in [-0.05, 0) is 58.6 Å². The highest BCUT2D eigenvalue weighted by molar-refractivity contribution is 9.10. The molecule has 28 heavy (non-hydrogen) atoms. The quantitative estimate of drug-likeness (QED) is 0.670. The number of piperidine rings is 1. The zero-order chi connectivity index (χ0) is 19.5. The molecule has 2 aliphatic rings. The number of benzene rings is 2. The Morgan fingerprint density at radius 1 is 1.11 bits per heavy atom. The number of Topliss-reactive ketones (excluding diaryl/α,β-unsaturated/α-hetero) is 1. The summed E-state index contributed by atoms with van der Waals surface area (Å²) in [5.41, 5.74) is 1.63. The first-order valence-corrected chi connectivity index (χ1v) is 10.7. The molecule has 2 fully saturated rings. The summed E-state index contributed by atoms with van der Waals surface area (Å²) in [5, 5.41) is 0. The van der Waals surface area contributed by atoms with Gasteiger partial charge in [-0.2, -0.15) is 0 Å². The van der Waals surface area contributed by atoms with Crippen LogP contribution in [-0.4, -0.2) is 29.2 Å². The van der Waals surface area contributed by atoms with Gasteiger partial charge in [0.05, 0.1) is 4.47 Å². The van der Waals surface area contributed by atoms with Crippen molar-refractivity contribution >= 4 is 27.6 Å². The van der Waals surface area contributed by atoms with Gasteiger partial charge in [0.25, 0.3) is 5.91 Å². The average Bonchev–Trinajstić information content (AvgIpc) is 2.73. The highest BCUT2D eigenvalue weighted by Gasteiger charge is 2.40. The normalized spacial score (nSPS) is 21.9. The summed E-state index contributed by atoms with van der Waals surface area (Å²) in [6.07, 6.45) is 4.53. The average molecular weight is 442 g/mol. The molecule has 0 radical (unpaired) electrons. The van der Waals surface area contributed by atoms with E-state index in [-0.39, 0.29) is 17.9 Å². The first kappa shape index (κ1) is 19.2. The second kappa shape index (κ2) is 8.48. The second-order valence-electron chi connectivity index (χ2n) is 7.59. The third-order valence-electron chi connectivity index (χ3n) is 5.81. The van der Waals surface area contributed by atoms with Crippen LogP contribution in [0.15, 0.2) is 53.0 Å². The van der Waals surface area contributed by atoms with Crippen LogP contribution >= 0.6 is 15.9 Å². The van der Waals surface area contributed by atoms with Crippen molar-refractivity contribution in [2.24, 2.45) is 5.92 Å². The zero-order valence-corrected chi connectivity index (χ0v) is 17.4. The van der Waals surface area contributed by atoms with E-state index in [9.17, 15) is 9.59 Å². The SMILES string of the molecule is O=C1CCN(C(=O)c2cccc(COc3ccccc3Br)c2)[C@@H]2CCCC[C@H]12. The van der Waals surface area contributed by atoms with Crippen LogP contribution in [0.5, 0.6) is 5.75 Å². The molecule has 0 spiro atoms. The van der Waals surface area contributed by atoms with E-state index < -0.39 is 0 Å². The lowest BCUT2D eigenvalue weighted by Crippen LogP contribution is -2.53. The van der Waals surface area contributed by atoms with Crippen molar-refractivity contribution in [2.75, 3.05) is 6.54 Å². The van der Waals surface area contributed by atoms with Gasteiger partial charge >= 0.3 is 0 Å². The maximum absolute atomic E-state index is 13.2. The Balaban J connectivity index is 1.48. The van der Waals surface area contributed by atoms with Crippen molar-refractivity contribution in [2.45, 2.75) is 44.8 Å². The third-order valence-corrected chi connectivity index (χ3v) is 6.46. The Morgan fingerprint density at radius 3 is 2.79 bits per heavy atom. The van der Waals surface area contributed by atoms with Crippen LogP contribution in [0.3, 0.4) is 0 Å². The molecule has 1 saturated heterocycles. The van der Waals surface area contributed by atoms with Crippen LogP contribution in [0, 0.1) is 5.92 Å². The molecule has 0 bridgehead atoms. The van der Waals surface area contributed by atoms with E-state index >= 15 is 0 Å². The Hall–Kier alpha value is -2.14. The van der Waals surface area contributed by atoms with Crippen molar-refractivity contribution in [3.05, 3.63) is 64.1 Å². The molecule has 2 atom stereocenters. The number of para-hydroxylation sites is 1. The van der Waals surface area contributed by atoms with Gasteiger partial charge in [-0.15, -0.1) is 0 Å². The monoisotopic (exact) mass is 441 g/mol. The minimum Gasteiger partial charge on any atom is -0.488 e. The predicted molar refractivity (Wildman–Crippen MR) is 111 cm³/mol. The molecular formula is C23H24BrNO3. The first-order valence-electron chi connectivity index (χ1n) is 9.93. The highest BCUT2D eigenvalue weighted by Crippen LogP contribution is 2.34. The Bertz CT molecular complexity index is 882. The lowest BCUT2D eigenvalue weighted by molar-refractivity contribution is -0.129. The lowest BCUT2D eigenvalue weighted by Gasteiger charge is -2.43. The fourth-order valence-corrected chi connectivity index (χ4v) is 4.78. The number of nitrogens with zero attached hydrogens (tertiary/aromatic N) is 1.